The molecule has 1 N–H and O–H groups in total. The first-order chi connectivity index (χ1) is 9.72. The van der Waals surface area contributed by atoms with E-state index < -0.39 is 0 Å². The van der Waals surface area contributed by atoms with Crippen LogP contribution in [0.15, 0.2) is 58.8 Å². The maximum absolute atomic E-state index is 4.66. The fourth-order valence-electron chi connectivity index (χ4n) is 2.19. The van der Waals surface area contributed by atoms with Crippen molar-refractivity contribution in [1.82, 2.24) is 10.3 Å². The molecular weight excluding hydrogens is 314 g/mol. The summed E-state index contributed by atoms with van der Waals surface area (Å²) in [5.74, 6) is 0.952. The van der Waals surface area contributed by atoms with Gasteiger partial charge in [-0.05, 0) is 36.2 Å². The second kappa shape index (κ2) is 5.59. The number of fused-ring (bicyclic) bond motifs is 1. The van der Waals surface area contributed by atoms with Gasteiger partial charge in [-0.2, -0.15) is 0 Å². The lowest BCUT2D eigenvalue weighted by Gasteiger charge is -2.20. The molecule has 2 aromatic rings. The Morgan fingerprint density at radius 3 is 2.90 bits per heavy atom. The van der Waals surface area contributed by atoms with E-state index in [1.807, 2.05) is 30.5 Å². The zero-order chi connectivity index (χ0) is 13.9. The number of aliphatic imine (C=N–C) groups is 1. The highest BCUT2D eigenvalue weighted by Crippen LogP contribution is 2.31. The predicted octanol–water partition coefficient (Wildman–Crippen LogP) is 4.08. The van der Waals surface area contributed by atoms with Crippen molar-refractivity contribution >= 4 is 33.1 Å². The molecule has 4 heteroatoms. The van der Waals surface area contributed by atoms with Crippen molar-refractivity contribution in [2.75, 3.05) is 0 Å². The molecule has 1 aromatic heterocycles. The first-order valence-electron chi connectivity index (χ1n) is 6.45. The number of amidine groups is 1. The van der Waals surface area contributed by atoms with Gasteiger partial charge in [0, 0.05) is 34.5 Å². The standard InChI is InChI=1S/C16H14BrN3/c1-11-14-9-13(17)5-6-15(14)20-16(19-11)7-4-12-3-2-8-18-10-12/h2-3,5-6,8-10H,1,4,7H2,(H,19,20). The van der Waals surface area contributed by atoms with E-state index in [9.17, 15) is 0 Å². The molecule has 3 nitrogen and oxygen atoms in total. The summed E-state index contributed by atoms with van der Waals surface area (Å²) in [7, 11) is 0. The molecular formula is C16H14BrN3. The highest BCUT2D eigenvalue weighted by Gasteiger charge is 2.14. The van der Waals surface area contributed by atoms with Gasteiger partial charge in [-0.25, -0.2) is 4.99 Å². The number of hydrogen-bond acceptors (Lipinski definition) is 3. The molecule has 1 aliphatic rings. The van der Waals surface area contributed by atoms with Crippen LogP contribution in [0.3, 0.4) is 0 Å². The minimum atomic E-state index is 0.847. The van der Waals surface area contributed by atoms with Crippen molar-refractivity contribution in [3.63, 3.8) is 0 Å². The Labute approximate surface area is 126 Å². The van der Waals surface area contributed by atoms with Gasteiger partial charge in [0.25, 0.3) is 0 Å². The molecule has 0 fully saturated rings. The van der Waals surface area contributed by atoms with E-state index >= 15 is 0 Å². The van der Waals surface area contributed by atoms with Crippen molar-refractivity contribution in [3.8, 4) is 0 Å². The molecule has 2 heterocycles. The van der Waals surface area contributed by atoms with E-state index in [4.69, 9.17) is 0 Å². The Morgan fingerprint density at radius 2 is 2.10 bits per heavy atom. The van der Waals surface area contributed by atoms with Gasteiger partial charge in [-0.15, -0.1) is 0 Å². The van der Waals surface area contributed by atoms with Crippen LogP contribution in [-0.2, 0) is 6.42 Å². The van der Waals surface area contributed by atoms with E-state index in [1.54, 1.807) is 6.20 Å². The molecule has 0 radical (unpaired) electrons. The lowest BCUT2D eigenvalue weighted by atomic mass is 10.1. The predicted molar refractivity (Wildman–Crippen MR) is 86.0 cm³/mol. The number of halogens is 1. The zero-order valence-electron chi connectivity index (χ0n) is 10.9. The Bertz CT molecular complexity index is 677. The first kappa shape index (κ1) is 13.1. The van der Waals surface area contributed by atoms with Crippen LogP contribution in [0.4, 0.5) is 5.69 Å². The number of nitrogens with zero attached hydrogens (tertiary/aromatic N) is 2. The average Bonchev–Trinajstić information content (AvgIpc) is 2.47. The van der Waals surface area contributed by atoms with Crippen molar-refractivity contribution in [3.05, 3.63) is 64.9 Å². The molecule has 20 heavy (non-hydrogen) atoms. The molecule has 100 valence electrons. The van der Waals surface area contributed by atoms with Gasteiger partial charge in [-0.1, -0.05) is 28.6 Å². The summed E-state index contributed by atoms with van der Waals surface area (Å²) in [6.07, 6.45) is 5.44. The molecule has 1 aromatic carbocycles. The van der Waals surface area contributed by atoms with E-state index in [0.29, 0.717) is 0 Å². The first-order valence-corrected chi connectivity index (χ1v) is 7.24. The van der Waals surface area contributed by atoms with Crippen LogP contribution in [0, 0.1) is 0 Å². The third-order valence-electron chi connectivity index (χ3n) is 3.21. The second-order valence-corrected chi connectivity index (χ2v) is 5.60. The van der Waals surface area contributed by atoms with E-state index in [2.05, 4.69) is 43.9 Å². The molecule has 0 aliphatic carbocycles. The molecule has 0 spiro atoms. The fourth-order valence-corrected chi connectivity index (χ4v) is 2.55. The van der Waals surface area contributed by atoms with Crippen LogP contribution in [0.2, 0.25) is 0 Å². The van der Waals surface area contributed by atoms with Crippen LogP contribution in [-0.4, -0.2) is 10.8 Å². The summed E-state index contributed by atoms with van der Waals surface area (Å²) in [4.78, 5) is 8.78. The highest BCUT2D eigenvalue weighted by atomic mass is 79.9. The van der Waals surface area contributed by atoms with Crippen LogP contribution in [0.25, 0.3) is 5.70 Å². The van der Waals surface area contributed by atoms with Gasteiger partial charge < -0.3 is 5.32 Å². The summed E-state index contributed by atoms with van der Waals surface area (Å²) < 4.78 is 1.04. The van der Waals surface area contributed by atoms with Gasteiger partial charge in [0.2, 0.25) is 0 Å². The maximum atomic E-state index is 4.66. The Hall–Kier alpha value is -1.94. The van der Waals surface area contributed by atoms with Gasteiger partial charge in [0.15, 0.2) is 0 Å². The van der Waals surface area contributed by atoms with E-state index in [-0.39, 0.29) is 0 Å². The van der Waals surface area contributed by atoms with E-state index in [1.165, 1.54) is 5.56 Å². The highest BCUT2D eigenvalue weighted by molar-refractivity contribution is 9.10. The summed E-state index contributed by atoms with van der Waals surface area (Å²) in [5, 5.41) is 3.28. The van der Waals surface area contributed by atoms with Gasteiger partial charge in [-0.3, -0.25) is 4.98 Å². The Balaban J connectivity index is 1.79. The molecule has 3 rings (SSSR count). The van der Waals surface area contributed by atoms with Crippen LogP contribution in [0.1, 0.15) is 17.5 Å². The maximum Gasteiger partial charge on any atom is 0.107 e. The summed E-state index contributed by atoms with van der Waals surface area (Å²) in [6, 6.07) is 10.1. The zero-order valence-corrected chi connectivity index (χ0v) is 12.5. The third-order valence-corrected chi connectivity index (χ3v) is 3.70. The molecule has 0 bridgehead atoms. The summed E-state index contributed by atoms with van der Waals surface area (Å²) in [5.41, 5.74) is 4.13. The summed E-state index contributed by atoms with van der Waals surface area (Å²) in [6.45, 7) is 4.08. The van der Waals surface area contributed by atoms with Gasteiger partial charge in [0.1, 0.15) is 5.84 Å². The quantitative estimate of drug-likeness (QED) is 0.922. The molecule has 0 unspecified atom stereocenters. The number of benzene rings is 1. The lowest BCUT2D eigenvalue weighted by Crippen LogP contribution is -2.24. The molecule has 0 amide bonds. The van der Waals surface area contributed by atoms with Crippen molar-refractivity contribution in [2.45, 2.75) is 12.8 Å². The van der Waals surface area contributed by atoms with E-state index in [0.717, 1.165) is 40.1 Å². The largest absolute Gasteiger partial charge is 0.344 e. The minimum Gasteiger partial charge on any atom is -0.344 e. The average molecular weight is 328 g/mol. The fraction of sp³-hybridized carbons (Fsp3) is 0.125. The SMILES string of the molecule is C=C1NC(CCc2cccnc2)=Nc2ccc(Br)cc21. The molecule has 1 aliphatic heterocycles. The molecule has 0 saturated carbocycles. The smallest absolute Gasteiger partial charge is 0.107 e. The molecule has 0 atom stereocenters. The van der Waals surface area contributed by atoms with Gasteiger partial charge in [0.05, 0.1) is 5.69 Å². The third kappa shape index (κ3) is 2.80. The van der Waals surface area contributed by atoms with Crippen LogP contribution < -0.4 is 5.32 Å². The monoisotopic (exact) mass is 327 g/mol. The Kier molecular flexibility index (Phi) is 3.65. The van der Waals surface area contributed by atoms with Crippen molar-refractivity contribution < 1.29 is 0 Å². The lowest BCUT2D eigenvalue weighted by molar-refractivity contribution is 0.981. The topological polar surface area (TPSA) is 37.3 Å². The summed E-state index contributed by atoms with van der Waals surface area (Å²) >= 11 is 3.47. The minimum absolute atomic E-state index is 0.847. The van der Waals surface area contributed by atoms with Crippen LogP contribution in [0.5, 0.6) is 0 Å². The number of aryl methyl sites for hydroxylation is 1. The van der Waals surface area contributed by atoms with Crippen molar-refractivity contribution in [1.29, 1.82) is 0 Å². The number of pyridine rings is 1. The van der Waals surface area contributed by atoms with Crippen molar-refractivity contribution in [2.24, 2.45) is 4.99 Å². The molecule has 0 saturated heterocycles. The van der Waals surface area contributed by atoms with Gasteiger partial charge >= 0.3 is 0 Å². The Morgan fingerprint density at radius 1 is 1.20 bits per heavy atom. The number of aromatic nitrogens is 1. The normalized spacial score (nSPS) is 13.4. The number of hydrogen-bond donors (Lipinski definition) is 1. The second-order valence-electron chi connectivity index (χ2n) is 4.68. The van der Waals surface area contributed by atoms with Crippen LogP contribution >= 0.6 is 15.9 Å². The number of nitrogens with one attached hydrogen (secondary N) is 1. The number of rotatable bonds is 3.